The van der Waals surface area contributed by atoms with Crippen LogP contribution in [0.1, 0.15) is 12.0 Å². The zero-order valence-corrected chi connectivity index (χ0v) is 10.2. The van der Waals surface area contributed by atoms with E-state index in [0.29, 0.717) is 18.2 Å². The van der Waals surface area contributed by atoms with Crippen LogP contribution in [-0.2, 0) is 11.3 Å². The molecule has 2 rings (SSSR count). The summed E-state index contributed by atoms with van der Waals surface area (Å²) in [5, 5.41) is 6.50. The van der Waals surface area contributed by atoms with Crippen molar-refractivity contribution in [2.45, 2.75) is 19.0 Å². The summed E-state index contributed by atoms with van der Waals surface area (Å²) >= 11 is 0. The van der Waals surface area contributed by atoms with Gasteiger partial charge in [-0.1, -0.05) is 6.07 Å². The fourth-order valence-electron chi connectivity index (χ4n) is 1.97. The Morgan fingerprint density at radius 3 is 3.00 bits per heavy atom. The second-order valence-electron chi connectivity index (χ2n) is 4.43. The molecule has 100 valence electrons. The van der Waals surface area contributed by atoms with Crippen molar-refractivity contribution < 1.29 is 13.5 Å². The van der Waals surface area contributed by atoms with Crippen LogP contribution in [0.2, 0.25) is 0 Å². The molecule has 1 saturated heterocycles. The summed E-state index contributed by atoms with van der Waals surface area (Å²) in [5.41, 5.74) is 0.490. The van der Waals surface area contributed by atoms with Gasteiger partial charge in [-0.2, -0.15) is 0 Å². The number of nitrogens with one attached hydrogen (secondary N) is 2. The van der Waals surface area contributed by atoms with Crippen LogP contribution in [0.5, 0.6) is 0 Å². The maximum absolute atomic E-state index is 13.3. The summed E-state index contributed by atoms with van der Waals surface area (Å²) in [6, 6.07) is 4.02. The fraction of sp³-hybridized carbons (Fsp3) is 0.538. The number of hydrogen-bond donors (Lipinski definition) is 2. The molecule has 0 radical (unpaired) electrons. The zero-order chi connectivity index (χ0) is 12.8. The second-order valence-corrected chi connectivity index (χ2v) is 4.43. The molecule has 1 unspecified atom stereocenters. The van der Waals surface area contributed by atoms with Crippen LogP contribution in [0.3, 0.4) is 0 Å². The Morgan fingerprint density at radius 2 is 2.28 bits per heavy atom. The van der Waals surface area contributed by atoms with Crippen molar-refractivity contribution in [2.75, 3.05) is 26.3 Å². The average molecular weight is 256 g/mol. The normalized spacial score (nSPS) is 20.0. The SMILES string of the molecule is Fc1ccc(CNCCC2COCCN2)c(F)c1. The van der Waals surface area contributed by atoms with Crippen molar-refractivity contribution in [3.05, 3.63) is 35.4 Å². The number of halogens is 2. The van der Waals surface area contributed by atoms with Crippen LogP contribution in [0, 0.1) is 11.6 Å². The van der Waals surface area contributed by atoms with Gasteiger partial charge < -0.3 is 15.4 Å². The first-order valence-corrected chi connectivity index (χ1v) is 6.21. The lowest BCUT2D eigenvalue weighted by molar-refractivity contribution is 0.0742. The second kappa shape index (κ2) is 6.78. The first-order valence-electron chi connectivity index (χ1n) is 6.21. The van der Waals surface area contributed by atoms with Gasteiger partial charge in [-0.25, -0.2) is 8.78 Å². The van der Waals surface area contributed by atoms with Crippen LogP contribution in [0.25, 0.3) is 0 Å². The average Bonchev–Trinajstić information content (AvgIpc) is 2.38. The van der Waals surface area contributed by atoms with Crippen LogP contribution in [0.4, 0.5) is 8.78 Å². The van der Waals surface area contributed by atoms with Gasteiger partial charge >= 0.3 is 0 Å². The van der Waals surface area contributed by atoms with Gasteiger partial charge in [0.1, 0.15) is 11.6 Å². The standard InChI is InChI=1S/C13H18F2N2O/c14-11-2-1-10(13(15)7-11)8-16-4-3-12-9-18-6-5-17-12/h1-2,7,12,16-17H,3-6,8-9H2. The molecule has 0 bridgehead atoms. The molecule has 1 fully saturated rings. The van der Waals surface area contributed by atoms with E-state index >= 15 is 0 Å². The smallest absolute Gasteiger partial charge is 0.130 e. The van der Waals surface area contributed by atoms with Gasteiger partial charge in [-0.15, -0.1) is 0 Å². The van der Waals surface area contributed by atoms with Gasteiger partial charge in [-0.3, -0.25) is 0 Å². The molecular formula is C13H18F2N2O. The van der Waals surface area contributed by atoms with Crippen LogP contribution < -0.4 is 10.6 Å². The van der Waals surface area contributed by atoms with E-state index in [0.717, 1.165) is 38.8 Å². The molecule has 1 aromatic rings. The minimum atomic E-state index is -0.542. The first kappa shape index (κ1) is 13.4. The van der Waals surface area contributed by atoms with Gasteiger partial charge in [0.25, 0.3) is 0 Å². The van der Waals surface area contributed by atoms with E-state index in [-0.39, 0.29) is 0 Å². The molecular weight excluding hydrogens is 238 g/mol. The van der Waals surface area contributed by atoms with Crippen LogP contribution in [0.15, 0.2) is 18.2 Å². The largest absolute Gasteiger partial charge is 0.379 e. The maximum Gasteiger partial charge on any atom is 0.130 e. The Labute approximate surface area is 106 Å². The lowest BCUT2D eigenvalue weighted by Crippen LogP contribution is -2.42. The highest BCUT2D eigenvalue weighted by Crippen LogP contribution is 2.09. The van der Waals surface area contributed by atoms with Crippen molar-refractivity contribution in [1.29, 1.82) is 0 Å². The Balaban J connectivity index is 1.68. The molecule has 0 aromatic heterocycles. The molecule has 0 amide bonds. The van der Waals surface area contributed by atoms with E-state index in [2.05, 4.69) is 10.6 Å². The molecule has 1 aliphatic heterocycles. The summed E-state index contributed by atoms with van der Waals surface area (Å²) in [5.74, 6) is -1.04. The van der Waals surface area contributed by atoms with Crippen molar-refractivity contribution in [2.24, 2.45) is 0 Å². The molecule has 5 heteroatoms. The lowest BCUT2D eigenvalue weighted by Gasteiger charge is -2.23. The minimum absolute atomic E-state index is 0.365. The topological polar surface area (TPSA) is 33.3 Å². The molecule has 2 N–H and O–H groups in total. The predicted octanol–water partition coefficient (Wildman–Crippen LogP) is 1.43. The molecule has 1 heterocycles. The van der Waals surface area contributed by atoms with E-state index in [4.69, 9.17) is 4.74 Å². The summed E-state index contributed by atoms with van der Waals surface area (Å²) in [6.45, 7) is 3.58. The molecule has 1 aliphatic rings. The summed E-state index contributed by atoms with van der Waals surface area (Å²) < 4.78 is 31.4. The first-order chi connectivity index (χ1) is 8.75. The summed E-state index contributed by atoms with van der Waals surface area (Å²) in [7, 11) is 0. The van der Waals surface area contributed by atoms with Gasteiger partial charge in [0.15, 0.2) is 0 Å². The Morgan fingerprint density at radius 1 is 1.39 bits per heavy atom. The highest BCUT2D eigenvalue weighted by molar-refractivity contribution is 5.18. The van der Waals surface area contributed by atoms with Crippen LogP contribution in [-0.4, -0.2) is 32.3 Å². The monoisotopic (exact) mass is 256 g/mol. The Hall–Kier alpha value is -1.04. The van der Waals surface area contributed by atoms with Gasteiger partial charge in [-0.05, 0) is 19.0 Å². The van der Waals surface area contributed by atoms with Gasteiger partial charge in [0.05, 0.1) is 13.2 Å². The number of benzene rings is 1. The molecule has 3 nitrogen and oxygen atoms in total. The molecule has 1 aromatic carbocycles. The molecule has 0 spiro atoms. The van der Waals surface area contributed by atoms with Crippen molar-refractivity contribution >= 4 is 0 Å². The fourth-order valence-corrected chi connectivity index (χ4v) is 1.97. The maximum atomic E-state index is 13.3. The van der Waals surface area contributed by atoms with E-state index in [9.17, 15) is 8.78 Å². The zero-order valence-electron chi connectivity index (χ0n) is 10.2. The number of morpholine rings is 1. The molecule has 0 saturated carbocycles. The van der Waals surface area contributed by atoms with Crippen molar-refractivity contribution in [1.82, 2.24) is 10.6 Å². The predicted molar refractivity (Wildman–Crippen MR) is 65.3 cm³/mol. The number of hydrogen-bond acceptors (Lipinski definition) is 3. The third-order valence-corrected chi connectivity index (χ3v) is 3.00. The highest BCUT2D eigenvalue weighted by Gasteiger charge is 2.12. The highest BCUT2D eigenvalue weighted by atomic mass is 19.1. The van der Waals surface area contributed by atoms with Crippen molar-refractivity contribution in [3.8, 4) is 0 Å². The summed E-state index contributed by atoms with van der Waals surface area (Å²) in [6.07, 6.45) is 0.933. The van der Waals surface area contributed by atoms with Crippen LogP contribution >= 0.6 is 0 Å². The van der Waals surface area contributed by atoms with Crippen molar-refractivity contribution in [3.63, 3.8) is 0 Å². The van der Waals surface area contributed by atoms with E-state index < -0.39 is 11.6 Å². The Bertz CT molecular complexity index is 381. The Kier molecular flexibility index (Phi) is 5.04. The lowest BCUT2D eigenvalue weighted by atomic mass is 10.2. The van der Waals surface area contributed by atoms with E-state index in [1.807, 2.05) is 0 Å². The minimum Gasteiger partial charge on any atom is -0.379 e. The third kappa shape index (κ3) is 4.01. The number of rotatable bonds is 5. The molecule has 0 aliphatic carbocycles. The molecule has 1 atom stereocenters. The van der Waals surface area contributed by atoms with Gasteiger partial charge in [0, 0.05) is 30.8 Å². The molecule has 18 heavy (non-hydrogen) atoms. The third-order valence-electron chi connectivity index (χ3n) is 3.00. The number of ether oxygens (including phenoxy) is 1. The van der Waals surface area contributed by atoms with Gasteiger partial charge in [0.2, 0.25) is 0 Å². The van der Waals surface area contributed by atoms with E-state index in [1.54, 1.807) is 0 Å². The van der Waals surface area contributed by atoms with E-state index in [1.165, 1.54) is 12.1 Å². The summed E-state index contributed by atoms with van der Waals surface area (Å²) in [4.78, 5) is 0. The quantitative estimate of drug-likeness (QED) is 0.782.